The molecule has 7 nitrogen and oxygen atoms in total. The van der Waals surface area contributed by atoms with Crippen molar-refractivity contribution in [2.45, 2.75) is 11.0 Å². The second-order valence-corrected chi connectivity index (χ2v) is 4.44. The Labute approximate surface area is 91.5 Å². The molecular weight excluding hydrogens is 238 g/mol. The molecule has 1 rings (SSSR count). The number of rotatable bonds is 3. The van der Waals surface area contributed by atoms with E-state index in [1.807, 2.05) is 0 Å². The van der Waals surface area contributed by atoms with Gasteiger partial charge in [-0.05, 0) is 6.07 Å². The van der Waals surface area contributed by atoms with Crippen LogP contribution in [0.25, 0.3) is 0 Å². The number of aliphatic hydroxyl groups is 1. The van der Waals surface area contributed by atoms with Crippen LogP contribution in [-0.4, -0.2) is 34.8 Å². The van der Waals surface area contributed by atoms with Crippen molar-refractivity contribution in [3.05, 3.63) is 17.7 Å². The fraction of sp³-hybridized carbons (Fsp3) is 0.250. The minimum absolute atomic E-state index is 0.277. The normalized spacial score (nSPS) is 13.7. The van der Waals surface area contributed by atoms with Crippen LogP contribution in [0.3, 0.4) is 0 Å². The van der Waals surface area contributed by atoms with Gasteiger partial charge in [0.25, 0.3) is 10.1 Å². The van der Waals surface area contributed by atoms with Gasteiger partial charge in [0, 0.05) is 12.1 Å². The zero-order valence-electron chi connectivity index (χ0n) is 8.03. The zero-order chi connectivity index (χ0) is 12.5. The molecule has 1 aromatic carbocycles. The summed E-state index contributed by atoms with van der Waals surface area (Å²) in [5, 5.41) is 27.8. The summed E-state index contributed by atoms with van der Waals surface area (Å²) in [6.07, 6.45) is -1.37. The Bertz CT molecular complexity index is 497. The molecule has 1 atom stereocenters. The van der Waals surface area contributed by atoms with Crippen molar-refractivity contribution >= 4 is 10.1 Å². The molecule has 6 N–H and O–H groups in total. The highest BCUT2D eigenvalue weighted by molar-refractivity contribution is 7.86. The molecule has 1 aromatic rings. The number of hydrogen-bond acceptors (Lipinski definition) is 6. The molecule has 0 radical (unpaired) electrons. The zero-order valence-corrected chi connectivity index (χ0v) is 8.85. The lowest BCUT2D eigenvalue weighted by Gasteiger charge is -2.13. The van der Waals surface area contributed by atoms with Crippen LogP contribution in [0.1, 0.15) is 11.7 Å². The third-order valence-corrected chi connectivity index (χ3v) is 2.93. The summed E-state index contributed by atoms with van der Waals surface area (Å²) in [6.45, 7) is -0.299. The molecule has 0 spiro atoms. The van der Waals surface area contributed by atoms with Crippen molar-refractivity contribution < 1.29 is 28.3 Å². The van der Waals surface area contributed by atoms with Gasteiger partial charge in [0.1, 0.15) is 4.90 Å². The maximum atomic E-state index is 11.0. The molecule has 0 aromatic heterocycles. The minimum Gasteiger partial charge on any atom is -0.504 e. The molecule has 0 saturated heterocycles. The van der Waals surface area contributed by atoms with Crippen molar-refractivity contribution in [2.24, 2.45) is 5.73 Å². The number of phenols is 2. The topological polar surface area (TPSA) is 141 Å². The average Bonchev–Trinajstić information content (AvgIpc) is 2.18. The Morgan fingerprint density at radius 1 is 1.31 bits per heavy atom. The van der Waals surface area contributed by atoms with Crippen molar-refractivity contribution in [3.63, 3.8) is 0 Å². The van der Waals surface area contributed by atoms with Gasteiger partial charge in [0.05, 0.1) is 6.10 Å². The Morgan fingerprint density at radius 2 is 1.88 bits per heavy atom. The summed E-state index contributed by atoms with van der Waals surface area (Å²) < 4.78 is 30.8. The lowest BCUT2D eigenvalue weighted by atomic mass is 10.1. The van der Waals surface area contributed by atoms with Crippen LogP contribution in [0.15, 0.2) is 17.0 Å². The van der Waals surface area contributed by atoms with E-state index in [2.05, 4.69) is 0 Å². The highest BCUT2D eigenvalue weighted by Crippen LogP contribution is 2.37. The molecule has 0 amide bonds. The van der Waals surface area contributed by atoms with Crippen LogP contribution in [0.4, 0.5) is 0 Å². The highest BCUT2D eigenvalue weighted by atomic mass is 32.2. The summed E-state index contributed by atoms with van der Waals surface area (Å²) in [5.74, 6) is -1.74. The first kappa shape index (κ1) is 12.7. The Balaban J connectivity index is 3.58. The van der Waals surface area contributed by atoms with Crippen molar-refractivity contribution in [2.75, 3.05) is 6.54 Å². The number of aliphatic hydroxyl groups excluding tert-OH is 1. The quantitative estimate of drug-likeness (QED) is 0.353. The predicted octanol–water partition coefficient (Wildman–Crippen LogP) is -0.663. The Morgan fingerprint density at radius 3 is 2.31 bits per heavy atom. The fourth-order valence-electron chi connectivity index (χ4n) is 1.24. The standard InChI is InChI=1S/C8H11NO6S/c9-3-6(11)4-1-2-5(10)7(12)8(4)16(13,14)15/h1-2,6,10-12H,3,9H2,(H,13,14,15). The molecular formula is C8H11NO6S. The second-order valence-electron chi connectivity index (χ2n) is 3.08. The lowest BCUT2D eigenvalue weighted by Crippen LogP contribution is -2.15. The van der Waals surface area contributed by atoms with E-state index in [9.17, 15) is 18.6 Å². The van der Waals surface area contributed by atoms with Crippen molar-refractivity contribution in [3.8, 4) is 11.5 Å². The van der Waals surface area contributed by atoms with E-state index in [1.54, 1.807) is 0 Å². The van der Waals surface area contributed by atoms with Crippen LogP contribution < -0.4 is 5.73 Å². The SMILES string of the molecule is NCC(O)c1ccc(O)c(O)c1S(=O)(=O)O. The predicted molar refractivity (Wildman–Crippen MR) is 53.6 cm³/mol. The van der Waals surface area contributed by atoms with E-state index < -0.39 is 32.6 Å². The van der Waals surface area contributed by atoms with Crippen LogP contribution >= 0.6 is 0 Å². The third-order valence-electron chi connectivity index (χ3n) is 1.98. The number of benzene rings is 1. The summed E-state index contributed by atoms with van der Waals surface area (Å²) in [7, 11) is -4.77. The van der Waals surface area contributed by atoms with E-state index in [1.165, 1.54) is 0 Å². The van der Waals surface area contributed by atoms with E-state index in [4.69, 9.17) is 15.4 Å². The van der Waals surface area contributed by atoms with Gasteiger partial charge >= 0.3 is 0 Å². The van der Waals surface area contributed by atoms with Gasteiger partial charge in [-0.15, -0.1) is 0 Å². The van der Waals surface area contributed by atoms with E-state index in [0.29, 0.717) is 0 Å². The maximum absolute atomic E-state index is 11.0. The highest BCUT2D eigenvalue weighted by Gasteiger charge is 2.26. The van der Waals surface area contributed by atoms with Gasteiger partial charge in [0.2, 0.25) is 0 Å². The molecule has 8 heteroatoms. The lowest BCUT2D eigenvalue weighted by molar-refractivity contribution is 0.182. The molecule has 0 heterocycles. The number of nitrogens with two attached hydrogens (primary N) is 1. The van der Waals surface area contributed by atoms with E-state index in [-0.39, 0.29) is 12.1 Å². The molecule has 0 saturated carbocycles. The van der Waals surface area contributed by atoms with Crippen LogP contribution in [-0.2, 0) is 10.1 Å². The van der Waals surface area contributed by atoms with Crippen molar-refractivity contribution in [1.82, 2.24) is 0 Å². The number of aromatic hydroxyl groups is 2. The summed E-state index contributed by atoms with van der Waals surface area (Å²) in [5.41, 5.74) is 4.86. The van der Waals surface area contributed by atoms with Gasteiger partial charge in [0.15, 0.2) is 11.5 Å². The molecule has 0 aliphatic rings. The van der Waals surface area contributed by atoms with Gasteiger partial charge in [-0.25, -0.2) is 0 Å². The summed E-state index contributed by atoms with van der Waals surface area (Å²) >= 11 is 0. The van der Waals surface area contributed by atoms with Crippen LogP contribution in [0.5, 0.6) is 11.5 Å². The van der Waals surface area contributed by atoms with Gasteiger partial charge in [-0.2, -0.15) is 8.42 Å². The van der Waals surface area contributed by atoms with E-state index in [0.717, 1.165) is 12.1 Å². The van der Waals surface area contributed by atoms with Gasteiger partial charge < -0.3 is 21.1 Å². The molecule has 1 unspecified atom stereocenters. The van der Waals surface area contributed by atoms with E-state index >= 15 is 0 Å². The number of phenolic OH excluding ortho intramolecular Hbond substituents is 2. The monoisotopic (exact) mass is 249 g/mol. The molecule has 0 bridgehead atoms. The maximum Gasteiger partial charge on any atom is 0.298 e. The van der Waals surface area contributed by atoms with Crippen LogP contribution in [0, 0.1) is 0 Å². The largest absolute Gasteiger partial charge is 0.504 e. The third kappa shape index (κ3) is 2.25. The number of hydrogen-bond donors (Lipinski definition) is 5. The first-order valence-electron chi connectivity index (χ1n) is 4.19. The average molecular weight is 249 g/mol. The van der Waals surface area contributed by atoms with Gasteiger partial charge in [-0.3, -0.25) is 4.55 Å². The first-order valence-corrected chi connectivity index (χ1v) is 5.63. The molecule has 0 fully saturated rings. The first-order chi connectivity index (χ1) is 7.29. The molecule has 0 aliphatic carbocycles. The fourth-order valence-corrected chi connectivity index (χ4v) is 2.09. The molecule has 90 valence electrons. The van der Waals surface area contributed by atoms with Gasteiger partial charge in [-0.1, -0.05) is 6.07 Å². The Kier molecular flexibility index (Phi) is 3.38. The summed E-state index contributed by atoms with van der Waals surface area (Å²) in [6, 6.07) is 2.04. The molecule has 0 aliphatic heterocycles. The van der Waals surface area contributed by atoms with Crippen molar-refractivity contribution in [1.29, 1.82) is 0 Å². The smallest absolute Gasteiger partial charge is 0.298 e. The minimum atomic E-state index is -4.77. The van der Waals surface area contributed by atoms with Crippen LogP contribution in [0.2, 0.25) is 0 Å². The molecule has 16 heavy (non-hydrogen) atoms. The summed E-state index contributed by atoms with van der Waals surface area (Å²) in [4.78, 5) is -0.939. The second kappa shape index (κ2) is 4.26. The Hall–Kier alpha value is -1.35.